The van der Waals surface area contributed by atoms with E-state index in [9.17, 15) is 43.8 Å². The average molecular weight is 1110 g/mol. The number of anilines is 1. The van der Waals surface area contributed by atoms with E-state index >= 15 is 0 Å². The summed E-state index contributed by atoms with van der Waals surface area (Å²) in [5.74, 6) is -2.65. The van der Waals surface area contributed by atoms with Crippen LogP contribution in [0.25, 0.3) is 0 Å². The molecule has 0 radical (unpaired) electrons. The van der Waals surface area contributed by atoms with Gasteiger partial charge in [-0.15, -0.1) is 0 Å². The lowest BCUT2D eigenvalue weighted by Gasteiger charge is -2.31. The molecular formula is C51H90N6O20. The normalized spacial score (nSPS) is 15.6. The molecule has 1 saturated heterocycles. The summed E-state index contributed by atoms with van der Waals surface area (Å²) in [5, 5.41) is 41.4. The van der Waals surface area contributed by atoms with Crippen molar-refractivity contribution in [1.29, 1.82) is 0 Å². The Kier molecular flexibility index (Phi) is 44.8. The summed E-state index contributed by atoms with van der Waals surface area (Å²) in [6.45, 7) is 16.6. The predicted molar refractivity (Wildman–Crippen MR) is 280 cm³/mol. The number of aliphatic carboxylic acids is 1. The van der Waals surface area contributed by atoms with E-state index in [0.29, 0.717) is 130 Å². The largest absolute Gasteiger partial charge is 0.479 e. The number of aliphatic hydroxyl groups excluding tert-OH is 2. The molecule has 0 aliphatic carbocycles. The Morgan fingerprint density at radius 3 is 1.77 bits per heavy atom. The number of benzene rings is 1. The number of nitrogens with two attached hydrogens (primary N) is 1. The van der Waals surface area contributed by atoms with E-state index in [1.807, 2.05) is 34.6 Å². The third-order valence-electron chi connectivity index (χ3n) is 10.6. The van der Waals surface area contributed by atoms with Crippen LogP contribution in [0.2, 0.25) is 0 Å². The maximum atomic E-state index is 12.9. The van der Waals surface area contributed by atoms with E-state index in [1.165, 1.54) is 12.1 Å². The van der Waals surface area contributed by atoms with Gasteiger partial charge in [-0.2, -0.15) is 0 Å². The highest BCUT2D eigenvalue weighted by atomic mass is 16.7. The maximum absolute atomic E-state index is 12.9. The lowest BCUT2D eigenvalue weighted by Crippen LogP contribution is -2.50. The number of methoxy groups -OCH3 is 1. The van der Waals surface area contributed by atoms with Gasteiger partial charge in [0.2, 0.25) is 42.2 Å². The summed E-state index contributed by atoms with van der Waals surface area (Å²) in [4.78, 5) is 81.1. The number of rotatable bonds is 44. The number of carboxylic acids is 1. The molecule has 5 atom stereocenters. The fourth-order valence-corrected chi connectivity index (χ4v) is 6.21. The van der Waals surface area contributed by atoms with E-state index in [0.717, 1.165) is 0 Å². The first-order valence-electron chi connectivity index (χ1n) is 26.2. The molecule has 444 valence electrons. The second-order valence-electron chi connectivity index (χ2n) is 17.2. The average Bonchev–Trinajstić information content (AvgIpc) is 3.40. The number of unbranched alkanes of at least 4 members (excludes halogenated alkanes) is 1. The summed E-state index contributed by atoms with van der Waals surface area (Å²) >= 11 is 0. The topological polar surface area (TPSA) is 359 Å². The first-order chi connectivity index (χ1) is 37.1. The van der Waals surface area contributed by atoms with Crippen LogP contribution in [0.4, 0.5) is 5.69 Å². The lowest BCUT2D eigenvalue weighted by atomic mass is 10.0. The van der Waals surface area contributed by atoms with Crippen molar-refractivity contribution in [2.75, 3.05) is 125 Å². The standard InChI is InChI=1S/C33H64N4O12.C16H20N2O8.C2H6/c1-27(2)28(3)36-33(41)29(7-5-6-11-35-31(39)9-8-30(34)38)37-32(40)10-12-43-15-16-45-19-20-47-23-24-49-26-25-48-22-21-46-18-17-44-14-13-42-4;19-7-9-1-2-11(18-14(22)6-17-8-20)12(3-9)25-15-5-10(21)4-13(26-15)16(23)24;1-2/h27-29H,5-26H2,1-4H3,(H2,34,38)(H,35,39)(H,36,41)(H,37,40);1-3,8,10,13,15,19,21H,4-7H2,(H,17,20)(H,18,22)(H,23,24);1-2H3. The number of hydrogen-bond acceptors (Lipinski definition) is 19. The summed E-state index contributed by atoms with van der Waals surface area (Å²) in [7, 11) is 1.63. The smallest absolute Gasteiger partial charge is 0.333 e. The molecule has 0 saturated carbocycles. The molecule has 0 aromatic heterocycles. The lowest BCUT2D eigenvalue weighted by molar-refractivity contribution is -0.195. The van der Waals surface area contributed by atoms with E-state index in [4.69, 9.17) is 58.2 Å². The molecular weight excluding hydrogens is 1020 g/mol. The van der Waals surface area contributed by atoms with Crippen LogP contribution in [-0.4, -0.2) is 207 Å². The van der Waals surface area contributed by atoms with Gasteiger partial charge in [0.05, 0.1) is 124 Å². The van der Waals surface area contributed by atoms with Gasteiger partial charge in [0, 0.05) is 51.8 Å². The van der Waals surface area contributed by atoms with Crippen LogP contribution >= 0.6 is 0 Å². The highest BCUT2D eigenvalue weighted by Crippen LogP contribution is 2.30. The summed E-state index contributed by atoms with van der Waals surface area (Å²) in [6.07, 6.45) is -0.991. The number of ether oxygens (including phenoxy) is 10. The zero-order valence-electron chi connectivity index (χ0n) is 46.0. The monoisotopic (exact) mass is 1110 g/mol. The van der Waals surface area contributed by atoms with Gasteiger partial charge in [0.1, 0.15) is 11.8 Å². The SMILES string of the molecule is CC.COCCOCCOCCOCCOCCOCCOCCOCCC(=O)NC(CCCCNC(=O)CCC(N)=O)C(=O)NC(C)C(C)C.O=CNCC(=O)Nc1ccc(CO)cc1OC1CC(O)CC(C(=O)O)O1. The quantitative estimate of drug-likeness (QED) is 0.0318. The van der Waals surface area contributed by atoms with Crippen molar-refractivity contribution in [2.45, 2.75) is 123 Å². The molecule has 5 unspecified atom stereocenters. The number of amides is 6. The minimum absolute atomic E-state index is 0.000645. The van der Waals surface area contributed by atoms with Gasteiger partial charge in [-0.25, -0.2) is 4.79 Å². The minimum atomic E-state index is -1.21. The zero-order chi connectivity index (χ0) is 57.5. The van der Waals surface area contributed by atoms with E-state index in [1.54, 1.807) is 13.2 Å². The second kappa shape index (κ2) is 48.0. The van der Waals surface area contributed by atoms with Crippen LogP contribution in [0.3, 0.4) is 0 Å². The molecule has 0 spiro atoms. The van der Waals surface area contributed by atoms with Gasteiger partial charge < -0.3 is 95.0 Å². The molecule has 26 nitrogen and oxygen atoms in total. The van der Waals surface area contributed by atoms with Crippen LogP contribution in [0.5, 0.6) is 5.75 Å². The molecule has 10 N–H and O–H groups in total. The molecule has 1 aliphatic rings. The summed E-state index contributed by atoms with van der Waals surface area (Å²) in [5.41, 5.74) is 5.80. The third-order valence-corrected chi connectivity index (χ3v) is 10.6. The highest BCUT2D eigenvalue weighted by molar-refractivity contribution is 5.94. The molecule has 6 amide bonds. The number of primary amides is 1. The van der Waals surface area contributed by atoms with E-state index in [-0.39, 0.29) is 93.0 Å². The van der Waals surface area contributed by atoms with Crippen LogP contribution in [0.1, 0.15) is 91.5 Å². The molecule has 1 aromatic rings. The van der Waals surface area contributed by atoms with Crippen molar-refractivity contribution in [3.63, 3.8) is 0 Å². The first kappa shape index (κ1) is 71.9. The Labute approximate surface area is 453 Å². The first-order valence-corrected chi connectivity index (χ1v) is 26.2. The fraction of sp³-hybridized carbons (Fsp3) is 0.745. The third kappa shape index (κ3) is 39.8. The van der Waals surface area contributed by atoms with Crippen LogP contribution in [0.15, 0.2) is 18.2 Å². The Bertz CT molecular complexity index is 1750. The Hall–Kier alpha value is -5.13. The van der Waals surface area contributed by atoms with Gasteiger partial charge in [0.25, 0.3) is 0 Å². The Morgan fingerprint density at radius 2 is 1.27 bits per heavy atom. The molecule has 26 heteroatoms. The van der Waals surface area contributed by atoms with Gasteiger partial charge >= 0.3 is 5.97 Å². The van der Waals surface area contributed by atoms with Crippen molar-refractivity contribution in [2.24, 2.45) is 11.7 Å². The van der Waals surface area contributed by atoms with Crippen molar-refractivity contribution >= 4 is 47.6 Å². The van der Waals surface area contributed by atoms with Crippen molar-refractivity contribution < 1.29 is 96.2 Å². The molecule has 2 rings (SSSR count). The minimum Gasteiger partial charge on any atom is -0.479 e. The van der Waals surface area contributed by atoms with Crippen molar-refractivity contribution in [1.82, 2.24) is 21.3 Å². The predicted octanol–water partition coefficient (Wildman–Crippen LogP) is 0.556. The van der Waals surface area contributed by atoms with Gasteiger partial charge in [-0.1, -0.05) is 33.8 Å². The molecule has 1 aromatic carbocycles. The van der Waals surface area contributed by atoms with E-state index in [2.05, 4.69) is 26.6 Å². The molecule has 1 aliphatic heterocycles. The number of carbonyl (C=O) groups excluding carboxylic acids is 6. The van der Waals surface area contributed by atoms with Crippen LogP contribution < -0.4 is 37.1 Å². The summed E-state index contributed by atoms with van der Waals surface area (Å²) in [6, 6.07) is 3.76. The van der Waals surface area contributed by atoms with Crippen LogP contribution in [-0.2, 0) is 82.8 Å². The second-order valence-corrected chi connectivity index (χ2v) is 17.2. The number of nitrogens with one attached hydrogen (secondary N) is 5. The summed E-state index contributed by atoms with van der Waals surface area (Å²) < 4.78 is 53.9. The van der Waals surface area contributed by atoms with Gasteiger partial charge in [0.15, 0.2) is 6.10 Å². The van der Waals surface area contributed by atoms with Crippen molar-refractivity contribution in [3.8, 4) is 5.75 Å². The van der Waals surface area contributed by atoms with Crippen LogP contribution in [0, 0.1) is 5.92 Å². The maximum Gasteiger partial charge on any atom is 0.333 e. The fourth-order valence-electron chi connectivity index (χ4n) is 6.21. The Morgan fingerprint density at radius 1 is 0.727 bits per heavy atom. The number of hydrogen-bond donors (Lipinski definition) is 9. The highest BCUT2D eigenvalue weighted by Gasteiger charge is 2.34. The molecule has 0 bridgehead atoms. The van der Waals surface area contributed by atoms with Gasteiger partial charge in [-0.3, -0.25) is 28.8 Å². The van der Waals surface area contributed by atoms with E-state index < -0.39 is 42.3 Å². The van der Waals surface area contributed by atoms with Crippen molar-refractivity contribution in [3.05, 3.63) is 23.8 Å². The molecule has 1 fully saturated rings. The molecule has 1 heterocycles. The number of carbonyl (C=O) groups is 7. The Balaban J connectivity index is 0.00000172. The number of aliphatic hydroxyl groups is 2. The number of carboxylic acid groups (broad SMARTS) is 1. The zero-order valence-corrected chi connectivity index (χ0v) is 46.0. The van der Waals surface area contributed by atoms with Gasteiger partial charge in [-0.05, 0) is 49.8 Å². The molecule has 77 heavy (non-hydrogen) atoms.